The van der Waals surface area contributed by atoms with Crippen molar-refractivity contribution in [2.24, 2.45) is 0 Å². The van der Waals surface area contributed by atoms with Gasteiger partial charge in [0.1, 0.15) is 0 Å². The molecule has 2 heteroatoms. The molecule has 0 fully saturated rings. The largest absolute Gasteiger partial charge is 0.334 e. The van der Waals surface area contributed by atoms with Gasteiger partial charge in [-0.2, -0.15) is 0 Å². The van der Waals surface area contributed by atoms with Crippen LogP contribution in [0.4, 0.5) is 22.7 Å². The Hall–Kier alpha value is -4.82. The van der Waals surface area contributed by atoms with E-state index >= 15 is 0 Å². The second-order valence-electron chi connectivity index (χ2n) is 14.3. The van der Waals surface area contributed by atoms with E-state index in [-0.39, 0.29) is 6.04 Å². The molecule has 0 heterocycles. The molecule has 0 spiro atoms. The molecule has 0 bridgehead atoms. The fourth-order valence-electron chi connectivity index (χ4n) is 8.41. The van der Waals surface area contributed by atoms with Crippen molar-refractivity contribution in [3.8, 4) is 0 Å². The van der Waals surface area contributed by atoms with Crippen LogP contribution in [-0.2, 0) is 12.8 Å². The average Bonchev–Trinajstić information content (AvgIpc) is 3.13. The predicted molar refractivity (Wildman–Crippen MR) is 207 cm³/mol. The van der Waals surface area contributed by atoms with E-state index in [1.807, 2.05) is 0 Å². The van der Waals surface area contributed by atoms with Crippen LogP contribution < -0.4 is 9.80 Å². The highest BCUT2D eigenvalue weighted by Crippen LogP contribution is 2.50. The van der Waals surface area contributed by atoms with Crippen LogP contribution in [0.3, 0.4) is 0 Å². The van der Waals surface area contributed by atoms with Crippen LogP contribution in [0.5, 0.6) is 0 Å². The zero-order chi connectivity index (χ0) is 32.8. The van der Waals surface area contributed by atoms with E-state index in [4.69, 9.17) is 0 Å². The second kappa shape index (κ2) is 12.7. The Kier molecular flexibility index (Phi) is 8.04. The minimum Gasteiger partial charge on any atom is -0.334 e. The summed E-state index contributed by atoms with van der Waals surface area (Å²) in [4.78, 5) is 5.18. The Morgan fingerprint density at radius 3 is 1.94 bits per heavy atom. The van der Waals surface area contributed by atoms with Crippen molar-refractivity contribution in [2.75, 3.05) is 9.80 Å². The molecule has 3 aliphatic carbocycles. The third kappa shape index (κ3) is 5.19. The summed E-state index contributed by atoms with van der Waals surface area (Å²) < 4.78 is 0. The standard InChI is InChI=1S/C46H46N2/c1-31(2)41-29-43(47(33-17-9-5-10-18-33)34-19-11-6-12-20-34)39-28-26-38-42(32(3)4)30-44(40-27-25-37(41)45(39)46(38)40)48(35-21-13-7-14-22-35)36-23-15-8-16-24-36/h5-15,17-19,21-23,26,28-32,34H,16,20,24-25,27H2,1-4H3. The summed E-state index contributed by atoms with van der Waals surface area (Å²) in [5.74, 6) is 0.818. The van der Waals surface area contributed by atoms with Gasteiger partial charge in [0, 0.05) is 33.8 Å². The van der Waals surface area contributed by atoms with Crippen molar-refractivity contribution in [1.29, 1.82) is 0 Å². The summed E-state index contributed by atoms with van der Waals surface area (Å²) in [6.45, 7) is 9.48. The third-order valence-electron chi connectivity index (χ3n) is 10.6. The molecule has 2 nitrogen and oxygen atoms in total. The van der Waals surface area contributed by atoms with Gasteiger partial charge in [-0.25, -0.2) is 0 Å². The van der Waals surface area contributed by atoms with Crippen molar-refractivity contribution >= 4 is 44.3 Å². The first kappa shape index (κ1) is 30.5. The van der Waals surface area contributed by atoms with Crippen LogP contribution in [0.15, 0.2) is 133 Å². The molecule has 1 unspecified atom stereocenters. The maximum absolute atomic E-state index is 2.60. The number of hydrogen-bond donors (Lipinski definition) is 0. The van der Waals surface area contributed by atoms with Crippen LogP contribution in [0.25, 0.3) is 21.5 Å². The predicted octanol–water partition coefficient (Wildman–Crippen LogP) is 12.7. The van der Waals surface area contributed by atoms with Crippen LogP contribution in [0, 0.1) is 0 Å². The van der Waals surface area contributed by atoms with Crippen molar-refractivity contribution in [3.63, 3.8) is 0 Å². The average molecular weight is 627 g/mol. The molecule has 5 aromatic carbocycles. The molecule has 0 saturated heterocycles. The quantitative estimate of drug-likeness (QED) is 0.158. The molecule has 5 aromatic rings. The summed E-state index contributed by atoms with van der Waals surface area (Å²) in [6, 6.07) is 32.3. The van der Waals surface area contributed by atoms with Crippen LogP contribution in [0.2, 0.25) is 0 Å². The van der Waals surface area contributed by atoms with Crippen molar-refractivity contribution in [3.05, 3.63) is 155 Å². The molecule has 8 rings (SSSR count). The molecule has 0 aromatic heterocycles. The Labute approximate surface area is 286 Å². The summed E-state index contributed by atoms with van der Waals surface area (Å²) >= 11 is 0. The molecular formula is C46H46N2. The van der Waals surface area contributed by atoms with E-state index in [2.05, 4.69) is 165 Å². The molecule has 240 valence electrons. The number of nitrogens with zero attached hydrogens (tertiary/aromatic N) is 2. The fraction of sp³-hybridized carbons (Fsp3) is 0.261. The minimum atomic E-state index is 0.252. The van der Waals surface area contributed by atoms with Gasteiger partial charge in [-0.3, -0.25) is 0 Å². The first-order valence-electron chi connectivity index (χ1n) is 18.0. The lowest BCUT2D eigenvalue weighted by Gasteiger charge is -2.37. The molecule has 1 atom stereocenters. The Balaban J connectivity index is 1.48. The maximum atomic E-state index is 2.60. The summed E-state index contributed by atoms with van der Waals surface area (Å²) in [6.07, 6.45) is 21.2. The molecule has 0 radical (unpaired) electrons. The van der Waals surface area contributed by atoms with Gasteiger partial charge >= 0.3 is 0 Å². The molecule has 3 aliphatic rings. The molecule has 48 heavy (non-hydrogen) atoms. The van der Waals surface area contributed by atoms with Gasteiger partial charge in [0.05, 0.1) is 6.04 Å². The fourth-order valence-corrected chi connectivity index (χ4v) is 8.41. The van der Waals surface area contributed by atoms with Crippen LogP contribution in [-0.4, -0.2) is 6.04 Å². The Morgan fingerprint density at radius 2 is 1.27 bits per heavy atom. The zero-order valence-corrected chi connectivity index (χ0v) is 28.8. The smallest absolute Gasteiger partial charge is 0.0560 e. The highest BCUT2D eigenvalue weighted by Gasteiger charge is 2.30. The number of hydrogen-bond acceptors (Lipinski definition) is 2. The van der Waals surface area contributed by atoms with Crippen LogP contribution >= 0.6 is 0 Å². The third-order valence-corrected chi connectivity index (χ3v) is 10.6. The Morgan fingerprint density at radius 1 is 0.604 bits per heavy atom. The first-order chi connectivity index (χ1) is 23.5. The zero-order valence-electron chi connectivity index (χ0n) is 28.8. The summed E-state index contributed by atoms with van der Waals surface area (Å²) in [7, 11) is 0. The number of rotatable bonds is 8. The maximum Gasteiger partial charge on any atom is 0.0560 e. The molecule has 0 N–H and O–H groups in total. The van der Waals surface area contributed by atoms with Gasteiger partial charge in [-0.05, 0) is 125 Å². The van der Waals surface area contributed by atoms with Crippen molar-refractivity contribution in [2.45, 2.75) is 77.7 Å². The van der Waals surface area contributed by atoms with E-state index in [0.717, 1.165) is 32.1 Å². The van der Waals surface area contributed by atoms with Gasteiger partial charge in [0.15, 0.2) is 0 Å². The van der Waals surface area contributed by atoms with Gasteiger partial charge in [0.25, 0.3) is 0 Å². The number of anilines is 4. The van der Waals surface area contributed by atoms with E-state index in [1.165, 1.54) is 66.7 Å². The van der Waals surface area contributed by atoms with E-state index < -0.39 is 0 Å². The summed E-state index contributed by atoms with van der Waals surface area (Å²) in [5, 5.41) is 5.73. The highest BCUT2D eigenvalue weighted by molar-refractivity contribution is 6.18. The van der Waals surface area contributed by atoms with Crippen molar-refractivity contribution < 1.29 is 0 Å². The second-order valence-corrected chi connectivity index (χ2v) is 14.3. The van der Waals surface area contributed by atoms with E-state index in [1.54, 1.807) is 5.56 Å². The lowest BCUT2D eigenvalue weighted by atomic mass is 9.78. The van der Waals surface area contributed by atoms with Gasteiger partial charge in [-0.1, -0.05) is 113 Å². The van der Waals surface area contributed by atoms with E-state index in [0.29, 0.717) is 11.8 Å². The normalized spacial score (nSPS) is 16.8. The van der Waals surface area contributed by atoms with Gasteiger partial charge in [0.2, 0.25) is 0 Å². The Bertz CT molecular complexity index is 2110. The number of benzene rings is 5. The molecular weight excluding hydrogens is 581 g/mol. The molecule has 0 amide bonds. The summed E-state index contributed by atoms with van der Waals surface area (Å²) in [5.41, 5.74) is 12.5. The SMILES string of the molecule is CC(C)c1cc(N(c2ccccc2)C2C=CC=CC2)c2ccc3c(C(C)C)cc(N(C4=CC=CCC4)c4ccccc4)c4c3c2c1CC4. The van der Waals surface area contributed by atoms with Crippen LogP contribution in [0.1, 0.15) is 81.0 Å². The number of para-hydroxylation sites is 2. The molecule has 0 saturated carbocycles. The van der Waals surface area contributed by atoms with E-state index in [9.17, 15) is 0 Å². The first-order valence-corrected chi connectivity index (χ1v) is 18.0. The van der Waals surface area contributed by atoms with Gasteiger partial charge < -0.3 is 9.80 Å². The lowest BCUT2D eigenvalue weighted by Crippen LogP contribution is -2.30. The monoisotopic (exact) mass is 626 g/mol. The number of allylic oxidation sites excluding steroid dienone is 6. The lowest BCUT2D eigenvalue weighted by molar-refractivity contribution is 0.782. The highest BCUT2D eigenvalue weighted by atomic mass is 15.2. The molecule has 0 aliphatic heterocycles. The van der Waals surface area contributed by atoms with Crippen molar-refractivity contribution in [1.82, 2.24) is 0 Å². The topological polar surface area (TPSA) is 6.48 Å². The van der Waals surface area contributed by atoms with Gasteiger partial charge in [-0.15, -0.1) is 0 Å². The number of aryl methyl sites for hydroxylation is 2. The minimum absolute atomic E-state index is 0.252.